The molecule has 0 spiro atoms. The first kappa shape index (κ1) is 17.8. The van der Waals surface area contributed by atoms with Crippen molar-refractivity contribution in [2.45, 2.75) is 30.7 Å². The maximum absolute atomic E-state index is 5.05. The highest BCUT2D eigenvalue weighted by atomic mass is 35.5. The quantitative estimate of drug-likeness (QED) is 0.585. The number of benzene rings is 1. The molecule has 1 atom stereocenters. The topological polar surface area (TPSA) is 21.3 Å². The molecule has 0 radical (unpaired) electrons. The molecule has 1 aromatic carbocycles. The predicted octanol–water partition coefficient (Wildman–Crippen LogP) is 3.39. The molecule has 0 saturated heterocycles. The lowest BCUT2D eigenvalue weighted by Crippen LogP contribution is -2.33. The maximum Gasteiger partial charge on any atom is 0.0587 e. The van der Waals surface area contributed by atoms with Gasteiger partial charge in [0.1, 0.15) is 0 Å². The molecule has 0 bridgehead atoms. The van der Waals surface area contributed by atoms with Gasteiger partial charge in [-0.25, -0.2) is 0 Å². The average Bonchev–Trinajstić information content (AvgIpc) is 2.38. The summed E-state index contributed by atoms with van der Waals surface area (Å²) >= 11 is 1.79. The molecule has 0 aliphatic carbocycles. The van der Waals surface area contributed by atoms with E-state index in [0.29, 0.717) is 6.04 Å². The lowest BCUT2D eigenvalue weighted by Gasteiger charge is -2.16. The Bertz CT molecular complexity index is 305. The van der Waals surface area contributed by atoms with Gasteiger partial charge in [-0.15, -0.1) is 24.2 Å². The first-order valence-corrected chi connectivity index (χ1v) is 7.37. The van der Waals surface area contributed by atoms with Crippen molar-refractivity contribution in [2.75, 3.05) is 26.5 Å². The van der Waals surface area contributed by atoms with E-state index in [0.717, 1.165) is 26.0 Å². The Morgan fingerprint density at radius 1 is 1.28 bits per heavy atom. The van der Waals surface area contributed by atoms with Crippen molar-refractivity contribution in [1.82, 2.24) is 5.32 Å². The second-order valence-electron chi connectivity index (χ2n) is 4.10. The summed E-state index contributed by atoms with van der Waals surface area (Å²) in [4.78, 5) is 1.33. The Balaban J connectivity index is 0.00000289. The van der Waals surface area contributed by atoms with Gasteiger partial charge < -0.3 is 10.1 Å². The predicted molar refractivity (Wildman–Crippen MR) is 83.1 cm³/mol. The molecule has 0 saturated carbocycles. The van der Waals surface area contributed by atoms with Crippen LogP contribution in [0.15, 0.2) is 29.2 Å². The minimum absolute atomic E-state index is 0. The van der Waals surface area contributed by atoms with Crippen molar-refractivity contribution < 1.29 is 4.74 Å². The standard InChI is InChI=1S/C14H23NOS.ClH/c1-4-13(15-9-10-16-2)11-12-5-7-14(17-3)8-6-12;/h5-8,13,15H,4,9-11H2,1-3H3;1H. The van der Waals surface area contributed by atoms with E-state index in [1.807, 2.05) is 0 Å². The van der Waals surface area contributed by atoms with Crippen LogP contribution < -0.4 is 5.32 Å². The van der Waals surface area contributed by atoms with Gasteiger partial charge >= 0.3 is 0 Å². The lowest BCUT2D eigenvalue weighted by atomic mass is 10.0. The summed E-state index contributed by atoms with van der Waals surface area (Å²) in [6.45, 7) is 3.93. The van der Waals surface area contributed by atoms with E-state index in [-0.39, 0.29) is 12.4 Å². The first-order chi connectivity index (χ1) is 8.30. The Hall–Kier alpha value is -0.220. The monoisotopic (exact) mass is 289 g/mol. The fourth-order valence-corrected chi connectivity index (χ4v) is 2.18. The van der Waals surface area contributed by atoms with E-state index < -0.39 is 0 Å². The van der Waals surface area contributed by atoms with E-state index in [1.54, 1.807) is 18.9 Å². The Morgan fingerprint density at radius 2 is 1.94 bits per heavy atom. The van der Waals surface area contributed by atoms with Gasteiger partial charge in [0.15, 0.2) is 0 Å². The molecule has 0 aliphatic heterocycles. The number of thioether (sulfide) groups is 1. The third-order valence-electron chi connectivity index (χ3n) is 2.87. The van der Waals surface area contributed by atoms with E-state index >= 15 is 0 Å². The zero-order valence-corrected chi connectivity index (χ0v) is 13.1. The molecule has 0 fully saturated rings. The molecule has 104 valence electrons. The average molecular weight is 290 g/mol. The second kappa shape index (κ2) is 10.7. The first-order valence-electron chi connectivity index (χ1n) is 6.15. The summed E-state index contributed by atoms with van der Waals surface area (Å²) in [6, 6.07) is 9.40. The van der Waals surface area contributed by atoms with Gasteiger partial charge in [-0.1, -0.05) is 19.1 Å². The van der Waals surface area contributed by atoms with Gasteiger partial charge in [0.2, 0.25) is 0 Å². The normalized spacial score (nSPS) is 11.9. The summed E-state index contributed by atoms with van der Waals surface area (Å²) in [5.74, 6) is 0. The van der Waals surface area contributed by atoms with Crippen LogP contribution in [0.5, 0.6) is 0 Å². The van der Waals surface area contributed by atoms with Crippen molar-refractivity contribution in [3.8, 4) is 0 Å². The van der Waals surface area contributed by atoms with Crippen LogP contribution in [0.2, 0.25) is 0 Å². The molecule has 0 amide bonds. The summed E-state index contributed by atoms with van der Waals surface area (Å²) in [7, 11) is 1.74. The Morgan fingerprint density at radius 3 is 2.44 bits per heavy atom. The van der Waals surface area contributed by atoms with Crippen molar-refractivity contribution in [2.24, 2.45) is 0 Å². The number of rotatable bonds is 8. The second-order valence-corrected chi connectivity index (χ2v) is 4.98. The molecule has 1 aromatic rings. The number of hydrogen-bond acceptors (Lipinski definition) is 3. The smallest absolute Gasteiger partial charge is 0.0587 e. The van der Waals surface area contributed by atoms with Gasteiger partial charge in [-0.2, -0.15) is 0 Å². The van der Waals surface area contributed by atoms with Crippen LogP contribution in [0.25, 0.3) is 0 Å². The number of nitrogens with one attached hydrogen (secondary N) is 1. The van der Waals surface area contributed by atoms with E-state index in [9.17, 15) is 0 Å². The van der Waals surface area contributed by atoms with Crippen molar-refractivity contribution >= 4 is 24.2 Å². The molecule has 1 rings (SSSR count). The van der Waals surface area contributed by atoms with Crippen LogP contribution in [0.4, 0.5) is 0 Å². The largest absolute Gasteiger partial charge is 0.383 e. The number of hydrogen-bond donors (Lipinski definition) is 1. The molecule has 0 aliphatic rings. The maximum atomic E-state index is 5.05. The van der Waals surface area contributed by atoms with Gasteiger partial charge in [-0.05, 0) is 36.8 Å². The summed E-state index contributed by atoms with van der Waals surface area (Å²) in [5, 5.41) is 3.52. The highest BCUT2D eigenvalue weighted by Gasteiger charge is 2.06. The van der Waals surface area contributed by atoms with Crippen LogP contribution in [0.1, 0.15) is 18.9 Å². The van der Waals surface area contributed by atoms with Crippen LogP contribution in [-0.2, 0) is 11.2 Å². The zero-order chi connectivity index (χ0) is 12.5. The highest BCUT2D eigenvalue weighted by molar-refractivity contribution is 7.98. The highest BCUT2D eigenvalue weighted by Crippen LogP contribution is 2.16. The SMILES string of the molecule is CCC(Cc1ccc(SC)cc1)NCCOC.Cl. The minimum Gasteiger partial charge on any atom is -0.383 e. The van der Waals surface area contributed by atoms with Gasteiger partial charge in [-0.3, -0.25) is 0 Å². The molecule has 0 heterocycles. The van der Waals surface area contributed by atoms with Crippen molar-refractivity contribution in [3.05, 3.63) is 29.8 Å². The Kier molecular flexibility index (Phi) is 10.5. The molecule has 4 heteroatoms. The third kappa shape index (κ3) is 6.64. The molecule has 1 N–H and O–H groups in total. The molecule has 2 nitrogen and oxygen atoms in total. The van der Waals surface area contributed by atoms with E-state index in [1.165, 1.54) is 10.5 Å². The van der Waals surface area contributed by atoms with Crippen LogP contribution in [0.3, 0.4) is 0 Å². The molecule has 18 heavy (non-hydrogen) atoms. The Labute approximate surface area is 121 Å². The summed E-state index contributed by atoms with van der Waals surface area (Å²) < 4.78 is 5.05. The fraction of sp³-hybridized carbons (Fsp3) is 0.571. The van der Waals surface area contributed by atoms with E-state index in [4.69, 9.17) is 4.74 Å². The van der Waals surface area contributed by atoms with E-state index in [2.05, 4.69) is 42.8 Å². The number of halogens is 1. The van der Waals surface area contributed by atoms with Crippen LogP contribution in [-0.4, -0.2) is 32.6 Å². The van der Waals surface area contributed by atoms with Crippen molar-refractivity contribution in [3.63, 3.8) is 0 Å². The summed E-state index contributed by atoms with van der Waals surface area (Å²) in [6.07, 6.45) is 4.35. The zero-order valence-electron chi connectivity index (χ0n) is 11.4. The van der Waals surface area contributed by atoms with Crippen LogP contribution >= 0.6 is 24.2 Å². The fourth-order valence-electron chi connectivity index (χ4n) is 1.77. The molecule has 0 aromatic heterocycles. The van der Waals surface area contributed by atoms with Gasteiger partial charge in [0, 0.05) is 24.6 Å². The molecular formula is C14H24ClNOS. The molecule has 1 unspecified atom stereocenters. The minimum atomic E-state index is 0. The lowest BCUT2D eigenvalue weighted by molar-refractivity contribution is 0.195. The number of methoxy groups -OCH3 is 1. The third-order valence-corrected chi connectivity index (χ3v) is 3.62. The van der Waals surface area contributed by atoms with Gasteiger partial charge in [0.05, 0.1) is 6.61 Å². The summed E-state index contributed by atoms with van der Waals surface area (Å²) in [5.41, 5.74) is 1.40. The van der Waals surface area contributed by atoms with Crippen LogP contribution in [0, 0.1) is 0 Å². The van der Waals surface area contributed by atoms with Crippen molar-refractivity contribution in [1.29, 1.82) is 0 Å². The number of ether oxygens (including phenoxy) is 1. The molecular weight excluding hydrogens is 266 g/mol. The van der Waals surface area contributed by atoms with Gasteiger partial charge in [0.25, 0.3) is 0 Å².